The molecule has 5 nitrogen and oxygen atoms in total. The molecule has 0 radical (unpaired) electrons. The molecule has 144 valence electrons. The van der Waals surface area contributed by atoms with Gasteiger partial charge in [0.25, 0.3) is 0 Å². The van der Waals surface area contributed by atoms with E-state index in [1.54, 1.807) is 0 Å². The molecule has 2 atom stereocenters. The Bertz CT molecular complexity index is 290. The number of nitrogens with two attached hydrogens (primary N) is 1. The Kier molecular flexibility index (Phi) is 16.4. The molecule has 0 unspecified atom stereocenters. The quantitative estimate of drug-likeness (QED) is 0.186. The Morgan fingerprint density at radius 3 is 1.75 bits per heavy atom. The van der Waals surface area contributed by atoms with Gasteiger partial charge in [-0.25, -0.2) is 4.57 Å². The average molecular weight is 363 g/mol. The van der Waals surface area contributed by atoms with E-state index in [-0.39, 0.29) is 6.61 Å². The fraction of sp³-hybridized carbons (Fsp3) is 1.00. The maximum atomic E-state index is 10.2. The van der Waals surface area contributed by atoms with Gasteiger partial charge >= 0.3 is 8.69 Å². The third-order valence-electron chi connectivity index (χ3n) is 4.51. The Labute approximate surface area is 149 Å². The van der Waals surface area contributed by atoms with Crippen molar-refractivity contribution in [2.45, 2.75) is 109 Å². The number of aliphatic hydroxyl groups excluding tert-OH is 1. The van der Waals surface area contributed by atoms with E-state index in [4.69, 9.17) is 5.73 Å². The van der Waals surface area contributed by atoms with Crippen molar-refractivity contribution in [1.29, 1.82) is 0 Å². The van der Waals surface area contributed by atoms with Gasteiger partial charge in [-0.1, -0.05) is 90.4 Å². The number of rotatable bonds is 18. The third-order valence-corrected chi connectivity index (χ3v) is 4.74. The van der Waals surface area contributed by atoms with Crippen LogP contribution in [0.25, 0.3) is 0 Å². The molecular weight excluding hydrogens is 325 g/mol. The summed E-state index contributed by atoms with van der Waals surface area (Å²) in [7, 11) is -0.542. The molecule has 0 amide bonds. The monoisotopic (exact) mass is 363 g/mol. The van der Waals surface area contributed by atoms with Crippen molar-refractivity contribution in [2.75, 3.05) is 6.61 Å². The molecule has 0 spiro atoms. The molecule has 0 saturated carbocycles. The van der Waals surface area contributed by atoms with E-state index < -0.39 is 20.5 Å². The van der Waals surface area contributed by atoms with Crippen LogP contribution in [0.15, 0.2) is 0 Å². The Morgan fingerprint density at radius 1 is 0.917 bits per heavy atom. The fourth-order valence-electron chi connectivity index (χ4n) is 2.83. The summed E-state index contributed by atoms with van der Waals surface area (Å²) < 4.78 is 14.7. The number of hydrogen-bond acceptors (Lipinski definition) is 5. The topological polar surface area (TPSA) is 92.8 Å². The molecule has 0 aliphatic rings. The normalized spacial score (nSPS) is 15.5. The van der Waals surface area contributed by atoms with Crippen LogP contribution in [0.3, 0.4) is 0 Å². The van der Waals surface area contributed by atoms with Gasteiger partial charge in [-0.3, -0.25) is 10.3 Å². The van der Waals surface area contributed by atoms with Crippen LogP contribution in [0.4, 0.5) is 0 Å². The summed E-state index contributed by atoms with van der Waals surface area (Å²) in [5.41, 5.74) is 3.71. The first kappa shape index (κ1) is 23.9. The molecule has 0 bridgehead atoms. The van der Waals surface area contributed by atoms with Gasteiger partial charge in [0.1, 0.15) is 6.61 Å². The molecule has 6 heteroatoms. The van der Waals surface area contributed by atoms with Crippen LogP contribution in [0.2, 0.25) is 0 Å². The Morgan fingerprint density at radius 2 is 1.33 bits per heavy atom. The number of unbranched alkanes of at least 4 members (excludes halogenated alkanes) is 12. The van der Waals surface area contributed by atoms with Gasteiger partial charge in [-0.15, -0.1) is 0 Å². The zero-order valence-corrected chi connectivity index (χ0v) is 16.3. The minimum Gasteiger partial charge on any atom is -0.389 e. The molecule has 24 heavy (non-hydrogen) atoms. The first-order valence-electron chi connectivity index (χ1n) is 9.68. The van der Waals surface area contributed by atoms with Gasteiger partial charge in [-0.05, 0) is 6.42 Å². The van der Waals surface area contributed by atoms with Crippen LogP contribution >= 0.6 is 8.69 Å². The van der Waals surface area contributed by atoms with Crippen molar-refractivity contribution in [2.24, 2.45) is 5.73 Å². The largest absolute Gasteiger partial charge is 0.389 e. The summed E-state index contributed by atoms with van der Waals surface area (Å²) in [6, 6.07) is 0. The minimum atomic E-state index is -1.82. The molecule has 0 aliphatic heterocycles. The van der Waals surface area contributed by atoms with Crippen molar-refractivity contribution in [1.82, 2.24) is 0 Å². The highest BCUT2D eigenvalue weighted by Crippen LogP contribution is 2.16. The highest BCUT2D eigenvalue weighted by molar-refractivity contribution is 7.17. The maximum absolute atomic E-state index is 10.2. The molecule has 0 aliphatic carbocycles. The van der Waals surface area contributed by atoms with Gasteiger partial charge in [-0.2, -0.15) is 0 Å². The summed E-state index contributed by atoms with van der Waals surface area (Å²) in [6.07, 6.45) is 15.8. The molecule has 0 fully saturated rings. The SMILES string of the molecule is CCCCCCCCCCCCCCC[C@@H](O)[C@](N)(O)COP=O. The van der Waals surface area contributed by atoms with E-state index >= 15 is 0 Å². The highest BCUT2D eigenvalue weighted by Gasteiger charge is 2.31. The maximum Gasteiger partial charge on any atom is 0.327 e. The minimum absolute atomic E-state index is 0.336. The molecule has 0 heterocycles. The summed E-state index contributed by atoms with van der Waals surface area (Å²) in [6.45, 7) is 1.91. The predicted molar refractivity (Wildman–Crippen MR) is 99.0 cm³/mol. The fourth-order valence-corrected chi connectivity index (χ4v) is 3.09. The number of hydrogen-bond donors (Lipinski definition) is 3. The Balaban J connectivity index is 3.34. The number of aliphatic hydroxyl groups is 2. The molecule has 4 N–H and O–H groups in total. The van der Waals surface area contributed by atoms with Crippen LogP contribution in [-0.2, 0) is 9.09 Å². The lowest BCUT2D eigenvalue weighted by molar-refractivity contribution is -0.0964. The molecular formula is C18H38NO4P. The zero-order chi connectivity index (χ0) is 18.1. The summed E-state index contributed by atoms with van der Waals surface area (Å²) in [4.78, 5) is 0. The van der Waals surface area contributed by atoms with Gasteiger partial charge in [0.15, 0.2) is 5.72 Å². The lowest BCUT2D eigenvalue weighted by Crippen LogP contribution is -2.54. The lowest BCUT2D eigenvalue weighted by atomic mass is 10.0. The first-order chi connectivity index (χ1) is 11.5. The van der Waals surface area contributed by atoms with E-state index in [0.717, 1.165) is 19.3 Å². The van der Waals surface area contributed by atoms with Crippen molar-refractivity contribution in [3.8, 4) is 0 Å². The second-order valence-electron chi connectivity index (χ2n) is 6.89. The predicted octanol–water partition coefficient (Wildman–Crippen LogP) is 4.70. The average Bonchev–Trinajstić information content (AvgIpc) is 2.57. The lowest BCUT2D eigenvalue weighted by Gasteiger charge is -2.27. The molecule has 0 rings (SSSR count). The molecule has 0 saturated heterocycles. The zero-order valence-electron chi connectivity index (χ0n) is 15.4. The first-order valence-corrected chi connectivity index (χ1v) is 10.4. The van der Waals surface area contributed by atoms with E-state index in [9.17, 15) is 14.8 Å². The van der Waals surface area contributed by atoms with Crippen molar-refractivity contribution in [3.63, 3.8) is 0 Å². The highest BCUT2D eigenvalue weighted by atomic mass is 31.1. The smallest absolute Gasteiger partial charge is 0.327 e. The van der Waals surface area contributed by atoms with E-state index in [0.29, 0.717) is 6.42 Å². The van der Waals surface area contributed by atoms with Crippen LogP contribution in [-0.4, -0.2) is 28.6 Å². The van der Waals surface area contributed by atoms with Crippen molar-refractivity contribution in [3.05, 3.63) is 0 Å². The second-order valence-corrected chi connectivity index (χ2v) is 7.29. The summed E-state index contributed by atoms with van der Waals surface area (Å²) in [5, 5.41) is 19.6. The van der Waals surface area contributed by atoms with Crippen molar-refractivity contribution < 1.29 is 19.3 Å². The second kappa shape index (κ2) is 16.4. The van der Waals surface area contributed by atoms with E-state index in [1.807, 2.05) is 0 Å². The molecule has 0 aromatic carbocycles. The third kappa shape index (κ3) is 14.3. The molecule has 0 aromatic rings. The summed E-state index contributed by atoms with van der Waals surface area (Å²) >= 11 is 0. The van der Waals surface area contributed by atoms with E-state index in [1.165, 1.54) is 64.2 Å². The van der Waals surface area contributed by atoms with Gasteiger partial charge < -0.3 is 10.2 Å². The van der Waals surface area contributed by atoms with Gasteiger partial charge in [0.2, 0.25) is 0 Å². The summed E-state index contributed by atoms with van der Waals surface area (Å²) in [5.74, 6) is 0. The van der Waals surface area contributed by atoms with Gasteiger partial charge in [0.05, 0.1) is 6.10 Å². The van der Waals surface area contributed by atoms with Crippen LogP contribution in [0.1, 0.15) is 96.8 Å². The standard InChI is InChI=1S/C18H38NO4P/c1-2-3-4-5-6-7-8-9-10-11-12-13-14-15-17(20)18(19,21)16-23-24-22/h17,20-21H,2-16,19H2,1H3/t17-,18-/m1/s1. The molecule has 0 aromatic heterocycles. The van der Waals surface area contributed by atoms with Crippen LogP contribution in [0.5, 0.6) is 0 Å². The van der Waals surface area contributed by atoms with Crippen molar-refractivity contribution >= 4 is 8.69 Å². The van der Waals surface area contributed by atoms with Crippen LogP contribution in [0, 0.1) is 0 Å². The van der Waals surface area contributed by atoms with Crippen LogP contribution < -0.4 is 5.73 Å². The Hall–Kier alpha value is -0.0600. The van der Waals surface area contributed by atoms with E-state index in [2.05, 4.69) is 11.4 Å². The van der Waals surface area contributed by atoms with Gasteiger partial charge in [0, 0.05) is 0 Å².